The quantitative estimate of drug-likeness (QED) is 0.450. The van der Waals surface area contributed by atoms with E-state index in [0.717, 1.165) is 24.8 Å². The normalized spacial score (nSPS) is 16.6. The SMILES string of the molecule is CCc1cc2oc(=O)cc(COC(=O)C3CCCCN3c3ncccn3)c2cc1Cl. The van der Waals surface area contributed by atoms with Crippen LogP contribution in [0.3, 0.4) is 0 Å². The van der Waals surface area contributed by atoms with Gasteiger partial charge in [-0.05, 0) is 49.4 Å². The predicted molar refractivity (Wildman–Crippen MR) is 114 cm³/mol. The largest absolute Gasteiger partial charge is 0.459 e. The summed E-state index contributed by atoms with van der Waals surface area (Å²) in [5, 5.41) is 1.25. The van der Waals surface area contributed by atoms with E-state index in [0.29, 0.717) is 40.5 Å². The lowest BCUT2D eigenvalue weighted by molar-refractivity contribution is -0.147. The summed E-state index contributed by atoms with van der Waals surface area (Å²) in [6.45, 7) is 2.63. The van der Waals surface area contributed by atoms with Crippen molar-refractivity contribution < 1.29 is 13.9 Å². The third-order valence-electron chi connectivity index (χ3n) is 5.33. The van der Waals surface area contributed by atoms with E-state index >= 15 is 0 Å². The standard InChI is InChI=1S/C22H22ClN3O4/c1-2-14-10-19-16(12-17(14)23)15(11-20(27)30-19)13-29-21(28)18-6-3-4-9-26(18)22-24-7-5-8-25-22/h5,7-8,10-12,18H,2-4,6,9,13H2,1H3. The number of esters is 1. The second-order valence-electron chi connectivity index (χ2n) is 7.25. The fourth-order valence-corrected chi connectivity index (χ4v) is 4.08. The molecule has 1 aromatic carbocycles. The number of hydrogen-bond acceptors (Lipinski definition) is 7. The molecule has 1 saturated heterocycles. The monoisotopic (exact) mass is 427 g/mol. The molecule has 3 aromatic rings. The second kappa shape index (κ2) is 8.83. The van der Waals surface area contributed by atoms with E-state index in [1.807, 2.05) is 11.8 Å². The molecule has 2 aromatic heterocycles. The van der Waals surface area contributed by atoms with Gasteiger partial charge in [-0.15, -0.1) is 0 Å². The minimum Gasteiger partial charge on any atom is -0.459 e. The zero-order chi connectivity index (χ0) is 21.1. The van der Waals surface area contributed by atoms with Gasteiger partial charge in [0.05, 0.1) is 0 Å². The maximum absolute atomic E-state index is 12.9. The number of carbonyl (C=O) groups is 1. The molecule has 0 aliphatic carbocycles. The van der Waals surface area contributed by atoms with Crippen molar-refractivity contribution >= 4 is 34.5 Å². The molecule has 1 unspecified atom stereocenters. The fraction of sp³-hybridized carbons (Fsp3) is 0.364. The topological polar surface area (TPSA) is 85.5 Å². The number of aryl methyl sites for hydroxylation is 1. The van der Waals surface area contributed by atoms with Crippen molar-refractivity contribution in [3.8, 4) is 0 Å². The van der Waals surface area contributed by atoms with Crippen molar-refractivity contribution in [2.75, 3.05) is 11.4 Å². The number of anilines is 1. The van der Waals surface area contributed by atoms with Gasteiger partial charge in [-0.2, -0.15) is 0 Å². The molecule has 0 bridgehead atoms. The Balaban J connectivity index is 1.56. The van der Waals surface area contributed by atoms with E-state index in [-0.39, 0.29) is 12.6 Å². The summed E-state index contributed by atoms with van der Waals surface area (Å²) in [5.41, 5.74) is 1.40. The summed E-state index contributed by atoms with van der Waals surface area (Å²) in [5.74, 6) is 0.156. The molecule has 1 atom stereocenters. The third-order valence-corrected chi connectivity index (χ3v) is 5.68. The van der Waals surface area contributed by atoms with E-state index < -0.39 is 11.7 Å². The molecule has 0 amide bonds. The van der Waals surface area contributed by atoms with Gasteiger partial charge in [0, 0.05) is 41.0 Å². The van der Waals surface area contributed by atoms with Crippen molar-refractivity contribution in [1.29, 1.82) is 0 Å². The van der Waals surface area contributed by atoms with Gasteiger partial charge in [-0.25, -0.2) is 19.6 Å². The Morgan fingerprint density at radius 1 is 1.23 bits per heavy atom. The molecular formula is C22H22ClN3O4. The Hall–Kier alpha value is -2.93. The van der Waals surface area contributed by atoms with Crippen LogP contribution in [-0.2, 0) is 22.6 Å². The maximum atomic E-state index is 12.9. The average molecular weight is 428 g/mol. The Bertz CT molecular complexity index is 1120. The molecule has 7 nitrogen and oxygen atoms in total. The smallest absolute Gasteiger partial charge is 0.336 e. The lowest BCUT2D eigenvalue weighted by atomic mass is 10.0. The molecule has 30 heavy (non-hydrogen) atoms. The van der Waals surface area contributed by atoms with E-state index in [4.69, 9.17) is 20.8 Å². The van der Waals surface area contributed by atoms with Gasteiger partial charge < -0.3 is 14.1 Å². The van der Waals surface area contributed by atoms with E-state index in [1.165, 1.54) is 6.07 Å². The van der Waals surface area contributed by atoms with Gasteiger partial charge >= 0.3 is 11.6 Å². The van der Waals surface area contributed by atoms with Crippen molar-refractivity contribution in [3.63, 3.8) is 0 Å². The molecule has 0 saturated carbocycles. The van der Waals surface area contributed by atoms with Gasteiger partial charge in [-0.1, -0.05) is 18.5 Å². The van der Waals surface area contributed by atoms with Crippen LogP contribution in [0.5, 0.6) is 0 Å². The third kappa shape index (κ3) is 4.16. The zero-order valence-electron chi connectivity index (χ0n) is 16.6. The molecule has 1 aliphatic rings. The highest BCUT2D eigenvalue weighted by atomic mass is 35.5. The molecule has 4 rings (SSSR count). The molecule has 1 fully saturated rings. The Morgan fingerprint density at radius 3 is 2.80 bits per heavy atom. The summed E-state index contributed by atoms with van der Waals surface area (Å²) in [6, 6.07) is 6.15. The zero-order valence-corrected chi connectivity index (χ0v) is 17.4. The van der Waals surface area contributed by atoms with Crippen molar-refractivity contribution in [2.24, 2.45) is 0 Å². The van der Waals surface area contributed by atoms with Crippen molar-refractivity contribution in [1.82, 2.24) is 9.97 Å². The van der Waals surface area contributed by atoms with Gasteiger partial charge in [0.15, 0.2) is 0 Å². The molecule has 0 N–H and O–H groups in total. The Labute approximate surface area is 178 Å². The summed E-state index contributed by atoms with van der Waals surface area (Å²) >= 11 is 6.34. The van der Waals surface area contributed by atoms with Gasteiger partial charge in [-0.3, -0.25) is 0 Å². The van der Waals surface area contributed by atoms with Gasteiger partial charge in [0.2, 0.25) is 5.95 Å². The number of benzene rings is 1. The van der Waals surface area contributed by atoms with Crippen LogP contribution < -0.4 is 10.5 Å². The van der Waals surface area contributed by atoms with Crippen LogP contribution in [0.4, 0.5) is 5.95 Å². The summed E-state index contributed by atoms with van der Waals surface area (Å²) in [4.78, 5) is 35.3. The predicted octanol–water partition coefficient (Wildman–Crippen LogP) is 3.90. The number of rotatable bonds is 5. The summed E-state index contributed by atoms with van der Waals surface area (Å²) < 4.78 is 10.9. The Kier molecular flexibility index (Phi) is 5.99. The highest BCUT2D eigenvalue weighted by molar-refractivity contribution is 6.32. The van der Waals surface area contributed by atoms with Gasteiger partial charge in [0.1, 0.15) is 18.2 Å². The molecule has 156 valence electrons. The first-order chi connectivity index (χ1) is 14.6. The minimum atomic E-state index is -0.491. The molecule has 8 heteroatoms. The minimum absolute atomic E-state index is 0.0390. The molecule has 1 aliphatic heterocycles. The number of piperidine rings is 1. The number of carbonyl (C=O) groups excluding carboxylic acids is 1. The molecule has 0 spiro atoms. The van der Waals surface area contributed by atoms with Crippen LogP contribution in [0.2, 0.25) is 5.02 Å². The summed E-state index contributed by atoms with van der Waals surface area (Å²) in [7, 11) is 0. The van der Waals surface area contributed by atoms with Crippen LogP contribution in [0.25, 0.3) is 11.0 Å². The Morgan fingerprint density at radius 2 is 2.03 bits per heavy atom. The van der Waals surface area contributed by atoms with E-state index in [1.54, 1.807) is 30.6 Å². The van der Waals surface area contributed by atoms with E-state index in [2.05, 4.69) is 9.97 Å². The fourth-order valence-electron chi connectivity index (χ4n) is 3.78. The van der Waals surface area contributed by atoms with Crippen LogP contribution in [0.1, 0.15) is 37.3 Å². The number of ether oxygens (including phenoxy) is 1. The molecular weight excluding hydrogens is 406 g/mol. The van der Waals surface area contributed by atoms with Crippen LogP contribution in [0.15, 0.2) is 45.9 Å². The first-order valence-corrected chi connectivity index (χ1v) is 10.4. The number of halogens is 1. The lowest BCUT2D eigenvalue weighted by Gasteiger charge is -2.33. The second-order valence-corrected chi connectivity index (χ2v) is 7.65. The first-order valence-electron chi connectivity index (χ1n) is 10.0. The van der Waals surface area contributed by atoms with Crippen molar-refractivity contribution in [3.05, 3.63) is 63.2 Å². The highest BCUT2D eigenvalue weighted by Gasteiger charge is 2.31. The van der Waals surface area contributed by atoms with E-state index in [9.17, 15) is 9.59 Å². The summed E-state index contributed by atoms with van der Waals surface area (Å²) in [6.07, 6.45) is 6.59. The van der Waals surface area contributed by atoms with Crippen LogP contribution >= 0.6 is 11.6 Å². The van der Waals surface area contributed by atoms with Crippen molar-refractivity contribution in [2.45, 2.75) is 45.3 Å². The number of nitrogens with zero attached hydrogens (tertiary/aromatic N) is 3. The average Bonchev–Trinajstić information content (AvgIpc) is 2.77. The van der Waals surface area contributed by atoms with Crippen LogP contribution in [0, 0.1) is 0 Å². The number of fused-ring (bicyclic) bond motifs is 1. The van der Waals surface area contributed by atoms with Gasteiger partial charge in [0.25, 0.3) is 0 Å². The van der Waals surface area contributed by atoms with Crippen LogP contribution in [-0.4, -0.2) is 28.5 Å². The maximum Gasteiger partial charge on any atom is 0.336 e. The molecule has 3 heterocycles. The lowest BCUT2D eigenvalue weighted by Crippen LogP contribution is -2.46. The number of hydrogen-bond donors (Lipinski definition) is 0. The molecule has 0 radical (unpaired) electrons. The highest BCUT2D eigenvalue weighted by Crippen LogP contribution is 2.27. The first kappa shape index (κ1) is 20.3. The number of aromatic nitrogens is 2.